The number of aryl methyl sites for hydroxylation is 1. The first-order valence-corrected chi connectivity index (χ1v) is 10.2. The van der Waals surface area contributed by atoms with Gasteiger partial charge >= 0.3 is 0 Å². The first-order chi connectivity index (χ1) is 15.7. The number of amidine groups is 1. The van der Waals surface area contributed by atoms with Crippen molar-refractivity contribution in [2.45, 2.75) is 6.61 Å². The van der Waals surface area contributed by atoms with Gasteiger partial charge in [0, 0.05) is 48.5 Å². The monoisotopic (exact) mass is 469 g/mol. The van der Waals surface area contributed by atoms with Crippen LogP contribution in [0.15, 0.2) is 48.7 Å². The van der Waals surface area contributed by atoms with Crippen molar-refractivity contribution < 1.29 is 14.4 Å². The van der Waals surface area contributed by atoms with Gasteiger partial charge in [0.15, 0.2) is 0 Å². The van der Waals surface area contributed by atoms with Crippen LogP contribution in [0.2, 0.25) is 5.02 Å². The number of halogens is 1. The van der Waals surface area contributed by atoms with Crippen LogP contribution in [0.5, 0.6) is 0 Å². The van der Waals surface area contributed by atoms with Crippen LogP contribution >= 0.6 is 11.6 Å². The predicted octanol–water partition coefficient (Wildman–Crippen LogP) is 2.86. The second kappa shape index (κ2) is 10.3. The smallest absolute Gasteiger partial charge is 0.261 e. The molecule has 0 bridgehead atoms. The van der Waals surface area contributed by atoms with Gasteiger partial charge in [-0.05, 0) is 30.3 Å². The molecular weight excluding hydrogens is 446 g/mol. The Balaban J connectivity index is 1.79. The highest BCUT2D eigenvalue weighted by Crippen LogP contribution is 2.23. The molecule has 11 heteroatoms. The maximum absolute atomic E-state index is 12.9. The van der Waals surface area contributed by atoms with E-state index in [4.69, 9.17) is 22.9 Å². The Morgan fingerprint density at radius 2 is 1.79 bits per heavy atom. The number of carbonyl (C=O) groups is 2. The topological polar surface area (TPSA) is 138 Å². The van der Waals surface area contributed by atoms with Crippen molar-refractivity contribution in [2.24, 2.45) is 12.9 Å². The highest BCUT2D eigenvalue weighted by atomic mass is 35.5. The highest BCUT2D eigenvalue weighted by molar-refractivity contribution is 6.30. The lowest BCUT2D eigenvalue weighted by atomic mass is 10.1. The fourth-order valence-electron chi connectivity index (χ4n) is 3.05. The number of nitrogens with one attached hydrogen (secondary N) is 3. The summed E-state index contributed by atoms with van der Waals surface area (Å²) in [4.78, 5) is 32.1. The molecule has 3 rings (SSSR count). The van der Waals surface area contributed by atoms with E-state index >= 15 is 0 Å². The molecule has 0 aliphatic rings. The third kappa shape index (κ3) is 5.55. The van der Waals surface area contributed by atoms with Crippen molar-refractivity contribution in [1.82, 2.24) is 14.7 Å². The van der Waals surface area contributed by atoms with Gasteiger partial charge in [-0.2, -0.15) is 5.10 Å². The van der Waals surface area contributed by atoms with Crippen LogP contribution in [0.4, 0.5) is 11.5 Å². The second-order valence-corrected chi connectivity index (χ2v) is 7.81. The average molecular weight is 470 g/mol. The van der Waals surface area contributed by atoms with Crippen LogP contribution < -0.4 is 16.5 Å². The summed E-state index contributed by atoms with van der Waals surface area (Å²) < 4.78 is 1.40. The molecule has 0 aliphatic carbocycles. The van der Waals surface area contributed by atoms with Crippen LogP contribution in [0, 0.1) is 5.41 Å². The van der Waals surface area contributed by atoms with E-state index < -0.39 is 11.8 Å². The molecule has 2 aromatic carbocycles. The van der Waals surface area contributed by atoms with E-state index in [1.165, 1.54) is 10.9 Å². The van der Waals surface area contributed by atoms with Gasteiger partial charge in [0.1, 0.15) is 17.2 Å². The van der Waals surface area contributed by atoms with E-state index in [1.54, 1.807) is 68.5 Å². The lowest BCUT2D eigenvalue weighted by molar-refractivity contribution is 0.102. The second-order valence-electron chi connectivity index (χ2n) is 7.37. The van der Waals surface area contributed by atoms with Gasteiger partial charge in [0.2, 0.25) is 0 Å². The maximum atomic E-state index is 12.9. The van der Waals surface area contributed by atoms with Gasteiger partial charge in [-0.25, -0.2) is 5.90 Å². The third-order valence-electron chi connectivity index (χ3n) is 4.84. The van der Waals surface area contributed by atoms with Gasteiger partial charge in [-0.1, -0.05) is 23.7 Å². The molecule has 0 radical (unpaired) electrons. The first kappa shape index (κ1) is 23.9. The van der Waals surface area contributed by atoms with Crippen LogP contribution in [0.1, 0.15) is 31.8 Å². The average Bonchev–Trinajstić information content (AvgIpc) is 3.15. The van der Waals surface area contributed by atoms with Gasteiger partial charge in [-0.15, -0.1) is 0 Å². The summed E-state index contributed by atoms with van der Waals surface area (Å²) in [6.45, 7) is 0.0497. The van der Waals surface area contributed by atoms with Gasteiger partial charge < -0.3 is 15.5 Å². The normalized spacial score (nSPS) is 10.6. The number of benzene rings is 2. The standard InChI is InChI=1S/C22H24ClN7O3/c1-29(2)19(24)13-4-6-14(7-5-13)21(31)28-20-17(11-26-30(20)3)22(32)27-18-9-8-16(23)10-15(18)12-33-25/h4-11,24H,12,25H2,1-3H3,(H,27,32)(H,28,31). The molecule has 33 heavy (non-hydrogen) atoms. The van der Waals surface area contributed by atoms with Gasteiger partial charge in [-0.3, -0.25) is 24.5 Å². The maximum Gasteiger partial charge on any atom is 0.261 e. The largest absolute Gasteiger partial charge is 0.363 e. The summed E-state index contributed by atoms with van der Waals surface area (Å²) in [5, 5.41) is 18.1. The molecule has 3 aromatic rings. The molecular formula is C22H24ClN7O3. The zero-order valence-corrected chi connectivity index (χ0v) is 19.1. The molecule has 172 valence electrons. The Kier molecular flexibility index (Phi) is 7.44. The third-order valence-corrected chi connectivity index (χ3v) is 5.07. The number of amides is 2. The summed E-state index contributed by atoms with van der Waals surface area (Å²) in [6, 6.07) is 11.5. The molecule has 5 N–H and O–H groups in total. The number of hydrogen-bond donors (Lipinski definition) is 4. The van der Waals surface area contributed by atoms with E-state index in [-0.39, 0.29) is 18.0 Å². The number of rotatable bonds is 7. The quantitative estimate of drug-likeness (QED) is 0.238. The number of carbonyl (C=O) groups excluding carboxylic acids is 2. The summed E-state index contributed by atoms with van der Waals surface area (Å²) in [6.07, 6.45) is 1.36. The molecule has 1 heterocycles. The Morgan fingerprint density at radius 1 is 1.12 bits per heavy atom. The van der Waals surface area contributed by atoms with Crippen LogP contribution in [-0.4, -0.2) is 46.4 Å². The molecule has 0 atom stereocenters. The summed E-state index contributed by atoms with van der Waals surface area (Å²) in [7, 11) is 5.16. The zero-order valence-electron chi connectivity index (χ0n) is 18.3. The first-order valence-electron chi connectivity index (χ1n) is 9.82. The van der Waals surface area contributed by atoms with E-state index in [0.29, 0.717) is 33.2 Å². The SMILES string of the molecule is CN(C)C(=N)c1ccc(C(=O)Nc2c(C(=O)Nc3ccc(Cl)cc3CON)cnn2C)cc1. The molecule has 1 aromatic heterocycles. The predicted molar refractivity (Wildman–Crippen MR) is 127 cm³/mol. The van der Waals surface area contributed by atoms with Crippen LogP contribution in [0.3, 0.4) is 0 Å². The highest BCUT2D eigenvalue weighted by Gasteiger charge is 2.20. The molecule has 0 aliphatic heterocycles. The summed E-state index contributed by atoms with van der Waals surface area (Å²) in [5.41, 5.74) is 2.29. The lowest BCUT2D eigenvalue weighted by Crippen LogP contribution is -2.22. The van der Waals surface area contributed by atoms with Gasteiger partial charge in [0.25, 0.3) is 11.8 Å². The molecule has 0 saturated carbocycles. The van der Waals surface area contributed by atoms with E-state index in [0.717, 1.165) is 0 Å². The van der Waals surface area contributed by atoms with E-state index in [9.17, 15) is 9.59 Å². The van der Waals surface area contributed by atoms with Crippen molar-refractivity contribution in [2.75, 3.05) is 24.7 Å². The number of nitrogens with zero attached hydrogens (tertiary/aromatic N) is 3. The van der Waals surface area contributed by atoms with Crippen molar-refractivity contribution in [1.29, 1.82) is 5.41 Å². The number of hydrogen-bond acceptors (Lipinski definition) is 6. The minimum atomic E-state index is -0.478. The zero-order chi connectivity index (χ0) is 24.1. The Hall–Kier alpha value is -3.73. The number of nitrogens with two attached hydrogens (primary N) is 1. The lowest BCUT2D eigenvalue weighted by Gasteiger charge is -2.14. The molecule has 10 nitrogen and oxygen atoms in total. The van der Waals surface area contributed by atoms with Crippen LogP contribution in [0.25, 0.3) is 0 Å². The Labute approximate surface area is 195 Å². The van der Waals surface area contributed by atoms with Crippen molar-refractivity contribution >= 4 is 40.8 Å². The molecule has 0 saturated heterocycles. The Bertz CT molecular complexity index is 1190. The fourth-order valence-corrected chi connectivity index (χ4v) is 3.25. The number of aromatic nitrogens is 2. The van der Waals surface area contributed by atoms with Crippen molar-refractivity contribution in [3.05, 3.63) is 75.9 Å². The number of anilines is 2. The Morgan fingerprint density at radius 3 is 2.42 bits per heavy atom. The van der Waals surface area contributed by atoms with E-state index in [1.807, 2.05) is 0 Å². The van der Waals surface area contributed by atoms with Crippen LogP contribution in [-0.2, 0) is 18.5 Å². The molecule has 0 unspecified atom stereocenters. The molecule has 2 amide bonds. The summed E-state index contributed by atoms with van der Waals surface area (Å²) in [5.74, 6) is 4.83. The molecule has 0 fully saturated rings. The fraction of sp³-hybridized carbons (Fsp3) is 0.182. The van der Waals surface area contributed by atoms with E-state index in [2.05, 4.69) is 20.6 Å². The minimum absolute atomic E-state index is 0.0497. The van der Waals surface area contributed by atoms with Crippen molar-refractivity contribution in [3.63, 3.8) is 0 Å². The minimum Gasteiger partial charge on any atom is -0.363 e. The van der Waals surface area contributed by atoms with Gasteiger partial charge in [0.05, 0.1) is 12.8 Å². The van der Waals surface area contributed by atoms with Crippen molar-refractivity contribution in [3.8, 4) is 0 Å². The summed E-state index contributed by atoms with van der Waals surface area (Å²) >= 11 is 6.01. The molecule has 0 spiro atoms.